The molecule has 0 bridgehead atoms. The van der Waals surface area contributed by atoms with Crippen LogP contribution in [0.15, 0.2) is 54.2 Å². The lowest BCUT2D eigenvalue weighted by atomic mass is 9.92. The molecule has 7 nitrogen and oxygen atoms in total. The van der Waals surface area contributed by atoms with E-state index in [2.05, 4.69) is 10.1 Å². The fourth-order valence-corrected chi connectivity index (χ4v) is 4.21. The number of hydrogen-bond acceptors (Lipinski definition) is 7. The third-order valence-electron chi connectivity index (χ3n) is 5.94. The number of aryl methyl sites for hydroxylation is 1. The van der Waals surface area contributed by atoms with Gasteiger partial charge < -0.3 is 14.8 Å². The number of ether oxygens (including phenoxy) is 2. The molecule has 0 spiro atoms. The van der Waals surface area contributed by atoms with E-state index in [4.69, 9.17) is 16.3 Å². The first-order valence-electron chi connectivity index (χ1n) is 11.5. The summed E-state index contributed by atoms with van der Waals surface area (Å²) in [5.41, 5.74) is 1.68. The highest BCUT2D eigenvalue weighted by Gasteiger charge is 2.37. The van der Waals surface area contributed by atoms with Crippen LogP contribution in [0.2, 0.25) is 5.02 Å². The van der Waals surface area contributed by atoms with Crippen molar-refractivity contribution in [2.45, 2.75) is 25.6 Å². The number of halogens is 4. The number of methoxy groups -OCH3 is 2. The standard InChI is InChI=1S/C27H25ClF3N3O4/c1-37-24-7-3-5-17(6-4-8-25(36)38-2)26(24)33-15-23(35)20-10-9-19(28)13-21(20)22-16-34(27(29,30)31)12-11-18(22)14-32/h3,5,7,9-13,33H,4,6,8,15-16H2,1-2H3. The van der Waals surface area contributed by atoms with E-state index in [1.807, 2.05) is 12.1 Å². The molecule has 200 valence electrons. The number of anilines is 1. The van der Waals surface area contributed by atoms with Gasteiger partial charge in [-0.05, 0) is 59.9 Å². The molecular formula is C27H25ClF3N3O4. The highest BCUT2D eigenvalue weighted by molar-refractivity contribution is 6.31. The van der Waals surface area contributed by atoms with Crippen molar-refractivity contribution in [1.82, 2.24) is 4.90 Å². The van der Waals surface area contributed by atoms with Crippen molar-refractivity contribution in [2.75, 3.05) is 32.6 Å². The Labute approximate surface area is 223 Å². The van der Waals surface area contributed by atoms with Gasteiger partial charge in [0.25, 0.3) is 0 Å². The Bertz CT molecular complexity index is 1320. The number of hydrogen-bond donors (Lipinski definition) is 1. The summed E-state index contributed by atoms with van der Waals surface area (Å²) in [5.74, 6) is -0.279. The monoisotopic (exact) mass is 547 g/mol. The molecule has 1 N–H and O–H groups in total. The van der Waals surface area contributed by atoms with Gasteiger partial charge in [-0.1, -0.05) is 23.7 Å². The molecule has 11 heteroatoms. The lowest BCUT2D eigenvalue weighted by molar-refractivity contribution is -0.223. The molecule has 0 fully saturated rings. The predicted molar refractivity (Wildman–Crippen MR) is 137 cm³/mol. The minimum absolute atomic E-state index is 0.00685. The van der Waals surface area contributed by atoms with Gasteiger partial charge in [-0.25, -0.2) is 0 Å². The van der Waals surface area contributed by atoms with Gasteiger partial charge >= 0.3 is 12.3 Å². The Morgan fingerprint density at radius 1 is 1.21 bits per heavy atom. The first kappa shape index (κ1) is 28.6. The van der Waals surface area contributed by atoms with E-state index < -0.39 is 18.6 Å². The van der Waals surface area contributed by atoms with E-state index >= 15 is 0 Å². The fourth-order valence-electron chi connectivity index (χ4n) is 4.04. The summed E-state index contributed by atoms with van der Waals surface area (Å²) in [6, 6.07) is 11.5. The van der Waals surface area contributed by atoms with Crippen LogP contribution in [-0.2, 0) is 16.0 Å². The Kier molecular flexibility index (Phi) is 9.42. The van der Waals surface area contributed by atoms with Crippen LogP contribution in [0.4, 0.5) is 18.9 Å². The fraction of sp³-hybridized carbons (Fsp3) is 0.296. The number of allylic oxidation sites excluding steroid dienone is 2. The van der Waals surface area contributed by atoms with Crippen molar-refractivity contribution in [3.63, 3.8) is 0 Å². The van der Waals surface area contributed by atoms with Gasteiger partial charge in [0.2, 0.25) is 0 Å². The number of carbonyl (C=O) groups excluding carboxylic acids is 2. The molecule has 0 aliphatic carbocycles. The Hall–Kier alpha value is -3.97. The van der Waals surface area contributed by atoms with Gasteiger partial charge in [0.05, 0.1) is 44.6 Å². The zero-order chi connectivity index (χ0) is 27.9. The SMILES string of the molecule is COC(=O)CCCc1cccc(OC)c1NCC(=O)c1ccc(Cl)cc1C1=C(C#N)C=CN(C(F)(F)F)C1. The average Bonchev–Trinajstić information content (AvgIpc) is 2.90. The van der Waals surface area contributed by atoms with E-state index in [-0.39, 0.29) is 51.1 Å². The first-order chi connectivity index (χ1) is 18.1. The summed E-state index contributed by atoms with van der Waals surface area (Å²) >= 11 is 6.14. The van der Waals surface area contributed by atoms with E-state index in [0.717, 1.165) is 17.8 Å². The maximum absolute atomic E-state index is 13.4. The zero-order valence-corrected chi connectivity index (χ0v) is 21.4. The van der Waals surface area contributed by atoms with E-state index in [1.165, 1.54) is 32.4 Å². The smallest absolute Gasteiger partial charge is 0.484 e. The lowest BCUT2D eigenvalue weighted by Crippen LogP contribution is -2.36. The summed E-state index contributed by atoms with van der Waals surface area (Å²) in [5, 5.41) is 12.8. The molecule has 1 aliphatic heterocycles. The summed E-state index contributed by atoms with van der Waals surface area (Å²) in [7, 11) is 2.80. The second kappa shape index (κ2) is 12.5. The Morgan fingerprint density at radius 2 is 1.97 bits per heavy atom. The van der Waals surface area contributed by atoms with Crippen LogP contribution in [0.5, 0.6) is 5.75 Å². The number of para-hydroxylation sites is 1. The molecule has 0 radical (unpaired) electrons. The number of rotatable bonds is 10. The number of alkyl halides is 3. The highest BCUT2D eigenvalue weighted by Crippen LogP contribution is 2.35. The molecule has 0 atom stereocenters. The third kappa shape index (κ3) is 6.86. The first-order valence-corrected chi connectivity index (χ1v) is 11.9. The van der Waals surface area contributed by atoms with Gasteiger partial charge in [-0.15, -0.1) is 0 Å². The van der Waals surface area contributed by atoms with E-state index in [0.29, 0.717) is 24.3 Å². The molecule has 3 rings (SSSR count). The molecule has 38 heavy (non-hydrogen) atoms. The molecule has 2 aromatic rings. The van der Waals surface area contributed by atoms with Crippen molar-refractivity contribution in [1.29, 1.82) is 5.26 Å². The minimum Gasteiger partial charge on any atom is -0.495 e. The third-order valence-corrected chi connectivity index (χ3v) is 6.18. The molecule has 1 aliphatic rings. The number of nitrogens with one attached hydrogen (secondary N) is 1. The second-order valence-corrected chi connectivity index (χ2v) is 8.74. The number of esters is 1. The van der Waals surface area contributed by atoms with Crippen molar-refractivity contribution >= 4 is 34.6 Å². The van der Waals surface area contributed by atoms with Crippen LogP contribution in [0.3, 0.4) is 0 Å². The van der Waals surface area contributed by atoms with Crippen molar-refractivity contribution in [2.24, 2.45) is 0 Å². The number of Topliss-reactive ketones (excluding diaryl/α,β-unsaturated/α-hetero) is 1. The van der Waals surface area contributed by atoms with Crippen LogP contribution < -0.4 is 10.1 Å². The summed E-state index contributed by atoms with van der Waals surface area (Å²) in [4.78, 5) is 25.0. The molecule has 0 unspecified atom stereocenters. The molecular weight excluding hydrogens is 523 g/mol. The predicted octanol–water partition coefficient (Wildman–Crippen LogP) is 5.77. The topological polar surface area (TPSA) is 91.7 Å². The van der Waals surface area contributed by atoms with Crippen LogP contribution >= 0.6 is 11.6 Å². The van der Waals surface area contributed by atoms with Crippen molar-refractivity contribution in [3.05, 3.63) is 76.0 Å². The van der Waals surface area contributed by atoms with E-state index in [9.17, 15) is 28.0 Å². The second-order valence-electron chi connectivity index (χ2n) is 8.31. The molecule has 1 heterocycles. The summed E-state index contributed by atoms with van der Waals surface area (Å²) < 4.78 is 50.3. The van der Waals surface area contributed by atoms with Gasteiger partial charge in [-0.3, -0.25) is 14.5 Å². The largest absolute Gasteiger partial charge is 0.495 e. The average molecular weight is 548 g/mol. The van der Waals surface area contributed by atoms with Gasteiger partial charge in [-0.2, -0.15) is 18.4 Å². The van der Waals surface area contributed by atoms with E-state index in [1.54, 1.807) is 12.1 Å². The molecule has 2 aromatic carbocycles. The van der Waals surface area contributed by atoms with Crippen molar-refractivity contribution in [3.8, 4) is 11.8 Å². The van der Waals surface area contributed by atoms with Crippen LogP contribution in [0.1, 0.15) is 34.3 Å². The maximum Gasteiger partial charge on any atom is 0.484 e. The number of ketones is 1. The zero-order valence-electron chi connectivity index (χ0n) is 20.7. The number of benzene rings is 2. The number of nitriles is 1. The van der Waals surface area contributed by atoms with Crippen molar-refractivity contribution < 1.29 is 32.2 Å². The summed E-state index contributed by atoms with van der Waals surface area (Å²) in [6.07, 6.45) is -1.57. The molecule has 0 aromatic heterocycles. The van der Waals surface area contributed by atoms with Crippen LogP contribution in [-0.4, -0.2) is 50.3 Å². The van der Waals surface area contributed by atoms with Gasteiger partial charge in [0.1, 0.15) is 5.75 Å². The number of nitrogens with zero attached hydrogens (tertiary/aromatic N) is 2. The van der Waals surface area contributed by atoms with Gasteiger partial charge in [0, 0.05) is 23.2 Å². The normalized spacial score (nSPS) is 13.2. The lowest BCUT2D eigenvalue weighted by Gasteiger charge is -2.28. The van der Waals surface area contributed by atoms with Gasteiger partial charge in [0.15, 0.2) is 5.78 Å². The minimum atomic E-state index is -4.67. The molecule has 0 amide bonds. The van der Waals surface area contributed by atoms with Crippen LogP contribution in [0.25, 0.3) is 5.57 Å². The highest BCUT2D eigenvalue weighted by atomic mass is 35.5. The summed E-state index contributed by atoms with van der Waals surface area (Å²) in [6.45, 7) is -0.860. The maximum atomic E-state index is 13.4. The molecule has 0 saturated heterocycles. The Balaban J connectivity index is 1.89. The van der Waals surface area contributed by atoms with Crippen LogP contribution in [0, 0.1) is 11.3 Å². The Morgan fingerprint density at radius 3 is 2.63 bits per heavy atom. The number of carbonyl (C=O) groups is 2. The quantitative estimate of drug-likeness (QED) is 0.229. The molecule has 0 saturated carbocycles.